The molecule has 1 N–H and O–H groups in total. The molecule has 2 atom stereocenters. The van der Waals surface area contributed by atoms with Crippen LogP contribution in [0.5, 0.6) is 17.2 Å². The summed E-state index contributed by atoms with van der Waals surface area (Å²) in [5, 5.41) is 2.60. The number of hydrogen-bond donors (Lipinski definition) is 1. The van der Waals surface area contributed by atoms with Gasteiger partial charge in [-0.25, -0.2) is 4.39 Å². The van der Waals surface area contributed by atoms with E-state index in [4.69, 9.17) is 14.2 Å². The number of hydrogen-bond acceptors (Lipinski definition) is 6. The lowest BCUT2D eigenvalue weighted by molar-refractivity contribution is -0.124. The predicted octanol–water partition coefficient (Wildman–Crippen LogP) is 6.45. The summed E-state index contributed by atoms with van der Waals surface area (Å²) in [6.07, 6.45) is 0.682. The molecule has 4 aromatic carbocycles. The molecular weight excluding hydrogens is 579 g/mol. The van der Waals surface area contributed by atoms with Crippen molar-refractivity contribution in [3.8, 4) is 17.2 Å². The van der Waals surface area contributed by atoms with E-state index in [1.54, 1.807) is 29.2 Å². The highest BCUT2D eigenvalue weighted by Gasteiger charge is 2.43. The minimum Gasteiger partial charge on any atom is -0.493 e. The molecule has 2 amide bonds. The standard InChI is InChI=1S/C35H35FN2O5S/c1-41-30-20-26(21-31(42-2)32(30)43-3)34(40)38-29(22-44-35(38)25-14-16-27(36)17-15-25)33(39)37-19-18-28(23-10-6-4-7-11-23)24-12-8-5-9-13-24/h4-17,20-21,28-29,35H,18-19,22H2,1-3H3,(H,37,39). The highest BCUT2D eigenvalue weighted by atomic mass is 32.2. The topological polar surface area (TPSA) is 77.1 Å². The Bertz CT molecular complexity index is 1510. The van der Waals surface area contributed by atoms with Gasteiger partial charge in [0.25, 0.3) is 5.91 Å². The lowest BCUT2D eigenvalue weighted by Gasteiger charge is -2.30. The zero-order valence-corrected chi connectivity index (χ0v) is 25.7. The molecule has 1 saturated heterocycles. The monoisotopic (exact) mass is 614 g/mol. The molecule has 44 heavy (non-hydrogen) atoms. The third kappa shape index (κ3) is 6.68. The Morgan fingerprint density at radius 3 is 1.95 bits per heavy atom. The SMILES string of the molecule is COc1cc(C(=O)N2C(C(=O)NCCC(c3ccccc3)c3ccccc3)CSC2c2ccc(F)cc2)cc(OC)c1OC. The zero-order valence-electron chi connectivity index (χ0n) is 24.9. The fraction of sp³-hybridized carbons (Fsp3) is 0.257. The average Bonchev–Trinajstić information content (AvgIpc) is 3.52. The van der Waals surface area contributed by atoms with Crippen molar-refractivity contribution in [2.45, 2.75) is 23.8 Å². The molecule has 0 radical (unpaired) electrons. The van der Waals surface area contributed by atoms with Gasteiger partial charge in [0.1, 0.15) is 17.2 Å². The summed E-state index contributed by atoms with van der Waals surface area (Å²) >= 11 is 1.46. The molecule has 9 heteroatoms. The first kappa shape index (κ1) is 30.9. The van der Waals surface area contributed by atoms with Crippen molar-refractivity contribution < 1.29 is 28.2 Å². The Balaban J connectivity index is 1.40. The molecule has 4 aromatic rings. The summed E-state index contributed by atoms with van der Waals surface area (Å²) in [5.41, 5.74) is 3.33. The van der Waals surface area contributed by atoms with Crippen LogP contribution in [0.2, 0.25) is 0 Å². The zero-order chi connectivity index (χ0) is 31.1. The lowest BCUT2D eigenvalue weighted by atomic mass is 9.88. The van der Waals surface area contributed by atoms with Crippen molar-refractivity contribution in [1.82, 2.24) is 10.2 Å². The summed E-state index contributed by atoms with van der Waals surface area (Å²) < 4.78 is 30.2. The van der Waals surface area contributed by atoms with Crippen molar-refractivity contribution in [3.05, 3.63) is 125 Å². The summed E-state index contributed by atoms with van der Waals surface area (Å²) in [6.45, 7) is 0.419. The predicted molar refractivity (Wildman–Crippen MR) is 170 cm³/mol. The van der Waals surface area contributed by atoms with Gasteiger partial charge in [0.05, 0.1) is 21.3 Å². The van der Waals surface area contributed by atoms with Gasteiger partial charge in [-0.05, 0) is 47.4 Å². The van der Waals surface area contributed by atoms with E-state index >= 15 is 0 Å². The quantitative estimate of drug-likeness (QED) is 0.209. The largest absolute Gasteiger partial charge is 0.493 e. The second-order valence-electron chi connectivity index (χ2n) is 10.3. The molecule has 1 heterocycles. The van der Waals surface area contributed by atoms with Gasteiger partial charge >= 0.3 is 0 Å². The number of ether oxygens (including phenoxy) is 3. The highest BCUT2D eigenvalue weighted by Crippen LogP contribution is 2.44. The number of benzene rings is 4. The summed E-state index contributed by atoms with van der Waals surface area (Å²) in [4.78, 5) is 29.6. The van der Waals surface area contributed by atoms with Crippen LogP contribution < -0.4 is 19.5 Å². The first-order valence-electron chi connectivity index (χ1n) is 14.3. The molecule has 0 aromatic heterocycles. The molecule has 5 rings (SSSR count). The Hall–Kier alpha value is -4.50. The van der Waals surface area contributed by atoms with Crippen LogP contribution in [-0.2, 0) is 4.79 Å². The van der Waals surface area contributed by atoms with Gasteiger partial charge < -0.3 is 24.4 Å². The molecule has 7 nitrogen and oxygen atoms in total. The molecular formula is C35H35FN2O5S. The van der Waals surface area contributed by atoms with Crippen molar-refractivity contribution >= 4 is 23.6 Å². The molecule has 1 aliphatic heterocycles. The first-order valence-corrected chi connectivity index (χ1v) is 15.4. The second-order valence-corrected chi connectivity index (χ2v) is 11.4. The van der Waals surface area contributed by atoms with Gasteiger partial charge in [-0.1, -0.05) is 72.8 Å². The smallest absolute Gasteiger partial charge is 0.256 e. The second kappa shape index (κ2) is 14.3. The third-order valence-electron chi connectivity index (χ3n) is 7.74. The number of nitrogens with zero attached hydrogens (tertiary/aromatic N) is 1. The van der Waals surface area contributed by atoms with Gasteiger partial charge in [-0.2, -0.15) is 0 Å². The van der Waals surface area contributed by atoms with Crippen LogP contribution in [0.4, 0.5) is 4.39 Å². The van der Waals surface area contributed by atoms with Crippen LogP contribution in [0.3, 0.4) is 0 Å². The van der Waals surface area contributed by atoms with E-state index in [-0.39, 0.29) is 29.1 Å². The number of thioether (sulfide) groups is 1. The molecule has 0 aliphatic carbocycles. The van der Waals surface area contributed by atoms with Gasteiger partial charge in [-0.15, -0.1) is 11.8 Å². The van der Waals surface area contributed by atoms with Crippen LogP contribution in [0, 0.1) is 5.82 Å². The van der Waals surface area contributed by atoms with E-state index < -0.39 is 11.4 Å². The number of carbonyl (C=O) groups excluding carboxylic acids is 2. The fourth-order valence-corrected chi connectivity index (χ4v) is 6.98. The van der Waals surface area contributed by atoms with Crippen LogP contribution in [-0.4, -0.2) is 56.4 Å². The van der Waals surface area contributed by atoms with E-state index in [9.17, 15) is 14.0 Å². The number of nitrogens with one attached hydrogen (secondary N) is 1. The van der Waals surface area contributed by atoms with E-state index in [1.165, 1.54) is 56.4 Å². The van der Waals surface area contributed by atoms with Crippen LogP contribution >= 0.6 is 11.8 Å². The van der Waals surface area contributed by atoms with Crippen molar-refractivity contribution in [2.24, 2.45) is 0 Å². The maximum atomic E-state index is 14.2. The fourth-order valence-electron chi connectivity index (χ4n) is 5.55. The van der Waals surface area contributed by atoms with E-state index in [0.717, 1.165) is 5.56 Å². The Morgan fingerprint density at radius 2 is 1.43 bits per heavy atom. The first-order chi connectivity index (χ1) is 21.4. The molecule has 1 aliphatic rings. The van der Waals surface area contributed by atoms with Gasteiger partial charge in [0.2, 0.25) is 11.7 Å². The van der Waals surface area contributed by atoms with Crippen molar-refractivity contribution in [2.75, 3.05) is 33.6 Å². The van der Waals surface area contributed by atoms with Gasteiger partial charge in [0, 0.05) is 23.8 Å². The lowest BCUT2D eigenvalue weighted by Crippen LogP contribution is -2.48. The number of halogens is 1. The van der Waals surface area contributed by atoms with Crippen LogP contribution in [0.25, 0.3) is 0 Å². The number of rotatable bonds is 11. The van der Waals surface area contributed by atoms with Crippen LogP contribution in [0.15, 0.2) is 97.1 Å². The van der Waals surface area contributed by atoms with Gasteiger partial charge in [-0.3, -0.25) is 9.59 Å². The minimum atomic E-state index is -0.756. The normalized spacial score (nSPS) is 16.1. The van der Waals surface area contributed by atoms with Crippen LogP contribution in [0.1, 0.15) is 44.8 Å². The average molecular weight is 615 g/mol. The summed E-state index contributed by atoms with van der Waals surface area (Å²) in [7, 11) is 4.45. The third-order valence-corrected chi connectivity index (χ3v) is 9.06. The molecule has 0 saturated carbocycles. The van der Waals surface area contributed by atoms with E-state index in [2.05, 4.69) is 29.6 Å². The highest BCUT2D eigenvalue weighted by molar-refractivity contribution is 7.99. The molecule has 1 fully saturated rings. The van der Waals surface area contributed by atoms with Gasteiger partial charge in [0.15, 0.2) is 11.5 Å². The van der Waals surface area contributed by atoms with E-state index in [0.29, 0.717) is 36.0 Å². The number of amides is 2. The number of methoxy groups -OCH3 is 3. The maximum absolute atomic E-state index is 14.2. The Morgan fingerprint density at radius 1 is 0.864 bits per heavy atom. The van der Waals surface area contributed by atoms with E-state index in [1.807, 2.05) is 36.4 Å². The molecule has 0 bridgehead atoms. The molecule has 228 valence electrons. The van der Waals surface area contributed by atoms with Crippen molar-refractivity contribution in [3.63, 3.8) is 0 Å². The Kier molecular flexibility index (Phi) is 10.1. The summed E-state index contributed by atoms with van der Waals surface area (Å²) in [5.74, 6) is 0.490. The maximum Gasteiger partial charge on any atom is 0.256 e. The number of carbonyl (C=O) groups is 2. The Labute approximate surface area is 261 Å². The van der Waals surface area contributed by atoms with Crippen molar-refractivity contribution in [1.29, 1.82) is 0 Å². The molecule has 0 spiro atoms. The molecule has 2 unspecified atom stereocenters. The minimum absolute atomic E-state index is 0.0968. The summed E-state index contributed by atoms with van der Waals surface area (Å²) in [6, 6.07) is 28.8.